The molecule has 3 heterocycles. The van der Waals surface area contributed by atoms with Crippen LogP contribution in [0.25, 0.3) is 0 Å². The fraction of sp³-hybridized carbons (Fsp3) is 0.556. The number of nitrogens with zero attached hydrogens (tertiary/aromatic N) is 2. The van der Waals surface area contributed by atoms with Crippen LogP contribution in [0.1, 0.15) is 69.1 Å². The first-order valence-electron chi connectivity index (χ1n) is 12.9. The van der Waals surface area contributed by atoms with Crippen molar-refractivity contribution in [3.8, 4) is 11.5 Å². The van der Waals surface area contributed by atoms with Crippen molar-refractivity contribution in [2.24, 2.45) is 0 Å². The third kappa shape index (κ3) is 7.87. The highest BCUT2D eigenvalue weighted by molar-refractivity contribution is 9.10. The van der Waals surface area contributed by atoms with Crippen molar-refractivity contribution in [1.29, 1.82) is 0 Å². The molecule has 2 aliphatic rings. The third-order valence-corrected chi connectivity index (χ3v) is 6.72. The van der Waals surface area contributed by atoms with Crippen molar-refractivity contribution in [3.63, 3.8) is 0 Å². The molecule has 2 fully saturated rings. The Hall–Kier alpha value is -2.76. The van der Waals surface area contributed by atoms with Crippen molar-refractivity contribution in [2.45, 2.75) is 77.5 Å². The summed E-state index contributed by atoms with van der Waals surface area (Å²) in [7, 11) is 0. The lowest BCUT2D eigenvalue weighted by atomic mass is 10.1. The molecule has 0 N–H and O–H groups in total. The summed E-state index contributed by atoms with van der Waals surface area (Å²) in [5.74, 6) is 0.433. The smallest absolute Gasteiger partial charge is 0.347 e. The Labute approximate surface area is 230 Å². The van der Waals surface area contributed by atoms with Gasteiger partial charge in [0, 0.05) is 38.1 Å². The van der Waals surface area contributed by atoms with Crippen LogP contribution in [0.15, 0.2) is 28.9 Å². The molecule has 1 unspecified atom stereocenters. The van der Waals surface area contributed by atoms with E-state index in [9.17, 15) is 9.59 Å². The summed E-state index contributed by atoms with van der Waals surface area (Å²) in [6.45, 7) is 4.61. The van der Waals surface area contributed by atoms with E-state index in [2.05, 4.69) is 25.9 Å². The van der Waals surface area contributed by atoms with E-state index in [1.165, 1.54) is 6.92 Å². The van der Waals surface area contributed by atoms with Gasteiger partial charge in [-0.2, -0.15) is 0 Å². The van der Waals surface area contributed by atoms with Crippen LogP contribution in [-0.2, 0) is 41.6 Å². The summed E-state index contributed by atoms with van der Waals surface area (Å²) < 4.78 is 34.8. The van der Waals surface area contributed by atoms with Crippen molar-refractivity contribution < 1.29 is 38.0 Å². The van der Waals surface area contributed by atoms with Crippen molar-refractivity contribution in [3.05, 3.63) is 46.0 Å². The van der Waals surface area contributed by atoms with Gasteiger partial charge in [0.2, 0.25) is 6.10 Å². The molecule has 0 aliphatic carbocycles. The van der Waals surface area contributed by atoms with Crippen LogP contribution in [0, 0.1) is 0 Å². The van der Waals surface area contributed by atoms with E-state index < -0.39 is 18.0 Å². The van der Waals surface area contributed by atoms with Gasteiger partial charge in [-0.25, -0.2) is 14.8 Å². The number of benzene rings is 1. The van der Waals surface area contributed by atoms with Crippen LogP contribution in [0.5, 0.6) is 11.5 Å². The van der Waals surface area contributed by atoms with E-state index in [1.807, 2.05) is 0 Å². The molecule has 2 saturated heterocycles. The minimum Gasteiger partial charge on any atom is -0.487 e. The number of carbonyl (C=O) groups excluding carboxylic acids is 2. The number of aromatic nitrogens is 2. The van der Waals surface area contributed by atoms with Gasteiger partial charge in [-0.05, 0) is 66.7 Å². The number of esters is 2. The number of hydrogen-bond acceptors (Lipinski definition) is 10. The monoisotopic (exact) mass is 592 g/mol. The lowest BCUT2D eigenvalue weighted by Crippen LogP contribution is -2.31. The minimum atomic E-state index is -1.14. The maximum absolute atomic E-state index is 12.6. The van der Waals surface area contributed by atoms with Gasteiger partial charge in [-0.15, -0.1) is 0 Å². The summed E-state index contributed by atoms with van der Waals surface area (Å²) in [6, 6.07) is 5.32. The maximum atomic E-state index is 12.6. The third-order valence-electron chi connectivity index (χ3n) is 6.10. The number of rotatable bonds is 11. The molecule has 206 valence electrons. The first-order chi connectivity index (χ1) is 18.4. The molecular formula is C27H33BrN2O8. The van der Waals surface area contributed by atoms with Crippen molar-refractivity contribution in [1.82, 2.24) is 9.97 Å². The summed E-state index contributed by atoms with van der Waals surface area (Å²) in [4.78, 5) is 33.3. The van der Waals surface area contributed by atoms with Crippen molar-refractivity contribution >= 4 is 27.9 Å². The zero-order valence-corrected chi connectivity index (χ0v) is 23.2. The molecule has 0 bridgehead atoms. The summed E-state index contributed by atoms with van der Waals surface area (Å²) in [5, 5.41) is 0. The molecule has 0 spiro atoms. The normalized spacial score (nSPS) is 20.0. The van der Waals surface area contributed by atoms with Gasteiger partial charge in [0.25, 0.3) is 0 Å². The van der Waals surface area contributed by atoms with Gasteiger partial charge >= 0.3 is 11.9 Å². The van der Waals surface area contributed by atoms with Gasteiger partial charge in [0.1, 0.15) is 24.2 Å². The lowest BCUT2D eigenvalue weighted by molar-refractivity contribution is -0.166. The Morgan fingerprint density at radius 3 is 2.68 bits per heavy atom. The van der Waals surface area contributed by atoms with Gasteiger partial charge in [-0.1, -0.05) is 0 Å². The topological polar surface area (TPSA) is 115 Å². The number of hydrogen-bond donors (Lipinski definition) is 0. The number of halogens is 1. The second kappa shape index (κ2) is 13.9. The van der Waals surface area contributed by atoms with Gasteiger partial charge in [0.05, 0.1) is 23.4 Å². The highest BCUT2D eigenvalue weighted by Crippen LogP contribution is 2.36. The Kier molecular flexibility index (Phi) is 10.3. The molecule has 1 aromatic heterocycles. The zero-order valence-electron chi connectivity index (χ0n) is 21.7. The molecule has 3 atom stereocenters. The Bertz CT molecular complexity index is 1100. The van der Waals surface area contributed by atoms with Crippen LogP contribution in [-0.4, -0.2) is 54.1 Å². The van der Waals surface area contributed by atoms with Crippen LogP contribution in [0.3, 0.4) is 0 Å². The fourth-order valence-electron chi connectivity index (χ4n) is 4.30. The summed E-state index contributed by atoms with van der Waals surface area (Å²) in [5.41, 5.74) is 1.29. The van der Waals surface area contributed by atoms with Crippen molar-refractivity contribution in [2.75, 3.05) is 19.8 Å². The summed E-state index contributed by atoms with van der Waals surface area (Å²) in [6.07, 6.45) is 4.78. The van der Waals surface area contributed by atoms with E-state index in [0.717, 1.165) is 32.1 Å². The van der Waals surface area contributed by atoms with Gasteiger partial charge in [0.15, 0.2) is 12.1 Å². The number of carbonyl (C=O) groups is 2. The van der Waals surface area contributed by atoms with E-state index in [1.54, 1.807) is 31.3 Å². The molecule has 38 heavy (non-hydrogen) atoms. The summed E-state index contributed by atoms with van der Waals surface area (Å²) >= 11 is 3.57. The van der Waals surface area contributed by atoms with E-state index in [4.69, 9.17) is 28.4 Å². The molecule has 4 rings (SSSR count). The zero-order chi connectivity index (χ0) is 26.9. The molecule has 2 aliphatic heterocycles. The largest absolute Gasteiger partial charge is 0.487 e. The first kappa shape index (κ1) is 28.3. The standard InChI is InChI=1S/C27H33BrN2O8/c1-3-33-27(32)24(37-17(2)31)14-18-13-23(38-25-8-4-5-11-35-25)20(28)15-22(18)36-16-19-9-10-29-26(30-19)21-7-6-12-34-21/h9-10,13,15,21,24-25H,3-8,11-12,14,16H2,1-2H3/t21-,24+,25?/m0/s1. The fourth-order valence-corrected chi connectivity index (χ4v) is 4.71. The van der Waals surface area contributed by atoms with Crippen LogP contribution in [0.2, 0.25) is 0 Å². The van der Waals surface area contributed by atoms with Crippen LogP contribution in [0.4, 0.5) is 0 Å². The second-order valence-electron chi connectivity index (χ2n) is 9.06. The number of ether oxygens (including phenoxy) is 6. The second-order valence-corrected chi connectivity index (χ2v) is 9.91. The Morgan fingerprint density at radius 2 is 1.97 bits per heavy atom. The average molecular weight is 593 g/mol. The molecule has 10 nitrogen and oxygen atoms in total. The SMILES string of the molecule is CCOC(=O)[C@@H](Cc1cc(OC2CCCCO2)c(Br)cc1OCc1ccnc([C@@H]2CCCO2)n1)OC(C)=O. The van der Waals surface area contributed by atoms with Crippen LogP contribution < -0.4 is 9.47 Å². The Morgan fingerprint density at radius 1 is 1.13 bits per heavy atom. The minimum absolute atomic E-state index is 0.0356. The average Bonchev–Trinajstić information content (AvgIpc) is 3.45. The molecular weight excluding hydrogens is 560 g/mol. The predicted molar refractivity (Wildman–Crippen MR) is 139 cm³/mol. The van der Waals surface area contributed by atoms with Gasteiger partial charge < -0.3 is 28.4 Å². The first-order valence-corrected chi connectivity index (χ1v) is 13.7. The van der Waals surface area contributed by atoms with Crippen LogP contribution >= 0.6 is 15.9 Å². The molecule has 1 aromatic carbocycles. The highest BCUT2D eigenvalue weighted by Gasteiger charge is 2.27. The molecule has 11 heteroatoms. The van der Waals surface area contributed by atoms with E-state index >= 15 is 0 Å². The quantitative estimate of drug-likeness (QED) is 0.342. The maximum Gasteiger partial charge on any atom is 0.347 e. The van der Waals surface area contributed by atoms with E-state index in [0.29, 0.717) is 46.3 Å². The Balaban J connectivity index is 1.58. The van der Waals surface area contributed by atoms with Gasteiger partial charge in [-0.3, -0.25) is 4.79 Å². The molecule has 0 radical (unpaired) electrons. The highest BCUT2D eigenvalue weighted by atomic mass is 79.9. The predicted octanol–water partition coefficient (Wildman–Crippen LogP) is 4.61. The molecule has 0 amide bonds. The van der Waals surface area contributed by atoms with E-state index in [-0.39, 0.29) is 32.0 Å². The lowest BCUT2D eigenvalue weighted by Gasteiger charge is -2.25. The molecule has 0 saturated carbocycles. The molecule has 2 aromatic rings.